The molecule has 0 spiro atoms. The molecule has 1 heterocycles. The standard InChI is InChI=1S/C11H17N3OS/c1-3-5-13-9-7-8(12)10(16-9)11(15)14-6-4-2/h3,7,13H,1,4-6,12H2,2H3,(H,14,15). The third-order valence-corrected chi connectivity index (χ3v) is 3.03. The average Bonchev–Trinajstić information content (AvgIpc) is 2.64. The third-order valence-electron chi connectivity index (χ3n) is 1.92. The molecule has 5 heteroatoms. The van der Waals surface area contributed by atoms with E-state index in [0.29, 0.717) is 23.7 Å². The quantitative estimate of drug-likeness (QED) is 0.666. The van der Waals surface area contributed by atoms with E-state index in [1.54, 1.807) is 12.1 Å². The number of rotatable bonds is 6. The first-order chi connectivity index (χ1) is 7.69. The zero-order chi connectivity index (χ0) is 12.0. The predicted octanol–water partition coefficient (Wildman–Crippen LogP) is 2.07. The number of hydrogen-bond donors (Lipinski definition) is 3. The molecule has 0 saturated carbocycles. The molecule has 0 aliphatic heterocycles. The summed E-state index contributed by atoms with van der Waals surface area (Å²) in [6.07, 6.45) is 2.67. The molecule has 1 amide bonds. The van der Waals surface area contributed by atoms with E-state index in [1.165, 1.54) is 11.3 Å². The first kappa shape index (κ1) is 12.6. The molecule has 0 atom stereocenters. The van der Waals surface area contributed by atoms with Crippen LogP contribution in [0.5, 0.6) is 0 Å². The van der Waals surface area contributed by atoms with Crippen LogP contribution in [0.25, 0.3) is 0 Å². The van der Waals surface area contributed by atoms with E-state index in [2.05, 4.69) is 17.2 Å². The Labute approximate surface area is 99.5 Å². The number of carbonyl (C=O) groups excluding carboxylic acids is 1. The molecule has 16 heavy (non-hydrogen) atoms. The first-order valence-corrected chi connectivity index (χ1v) is 6.03. The maximum Gasteiger partial charge on any atom is 0.263 e. The molecule has 0 unspecified atom stereocenters. The van der Waals surface area contributed by atoms with Crippen LogP contribution < -0.4 is 16.4 Å². The van der Waals surface area contributed by atoms with Crippen molar-refractivity contribution in [3.63, 3.8) is 0 Å². The minimum atomic E-state index is -0.101. The van der Waals surface area contributed by atoms with Gasteiger partial charge < -0.3 is 16.4 Å². The molecule has 88 valence electrons. The highest BCUT2D eigenvalue weighted by molar-refractivity contribution is 7.18. The monoisotopic (exact) mass is 239 g/mol. The van der Waals surface area contributed by atoms with Gasteiger partial charge >= 0.3 is 0 Å². The zero-order valence-electron chi connectivity index (χ0n) is 9.38. The Balaban J connectivity index is 2.68. The number of amides is 1. The highest BCUT2D eigenvalue weighted by Crippen LogP contribution is 2.28. The van der Waals surface area contributed by atoms with Gasteiger partial charge in [0.2, 0.25) is 0 Å². The van der Waals surface area contributed by atoms with Crippen LogP contribution in [0, 0.1) is 0 Å². The molecule has 0 fully saturated rings. The summed E-state index contributed by atoms with van der Waals surface area (Å²) in [7, 11) is 0. The van der Waals surface area contributed by atoms with Gasteiger partial charge in [-0.25, -0.2) is 0 Å². The lowest BCUT2D eigenvalue weighted by molar-refractivity contribution is 0.0958. The fraction of sp³-hybridized carbons (Fsp3) is 0.364. The van der Waals surface area contributed by atoms with Gasteiger partial charge in [0.05, 0.1) is 10.7 Å². The van der Waals surface area contributed by atoms with Crippen molar-refractivity contribution in [2.75, 3.05) is 24.1 Å². The summed E-state index contributed by atoms with van der Waals surface area (Å²) in [5.41, 5.74) is 6.29. The Morgan fingerprint density at radius 2 is 2.44 bits per heavy atom. The fourth-order valence-corrected chi connectivity index (χ4v) is 2.06. The van der Waals surface area contributed by atoms with Crippen molar-refractivity contribution in [3.8, 4) is 0 Å². The normalized spacial score (nSPS) is 9.81. The fourth-order valence-electron chi connectivity index (χ4n) is 1.16. The van der Waals surface area contributed by atoms with Gasteiger partial charge in [0.15, 0.2) is 0 Å². The molecular weight excluding hydrogens is 222 g/mol. The number of nitrogens with one attached hydrogen (secondary N) is 2. The van der Waals surface area contributed by atoms with E-state index in [0.717, 1.165) is 11.4 Å². The van der Waals surface area contributed by atoms with E-state index in [9.17, 15) is 4.79 Å². The van der Waals surface area contributed by atoms with Gasteiger partial charge in [0.1, 0.15) is 4.88 Å². The summed E-state index contributed by atoms with van der Waals surface area (Å²) < 4.78 is 0. The van der Waals surface area contributed by atoms with Crippen molar-refractivity contribution in [1.82, 2.24) is 5.32 Å². The van der Waals surface area contributed by atoms with Gasteiger partial charge in [-0.15, -0.1) is 17.9 Å². The highest BCUT2D eigenvalue weighted by atomic mass is 32.1. The SMILES string of the molecule is C=CCNc1cc(N)c(C(=O)NCCC)s1. The second kappa shape index (κ2) is 6.17. The van der Waals surface area contributed by atoms with Gasteiger partial charge in [-0.05, 0) is 12.5 Å². The van der Waals surface area contributed by atoms with E-state index in [1.807, 2.05) is 6.92 Å². The van der Waals surface area contributed by atoms with E-state index in [4.69, 9.17) is 5.73 Å². The van der Waals surface area contributed by atoms with Crippen LogP contribution in [-0.2, 0) is 0 Å². The Kier molecular flexibility index (Phi) is 4.85. The Morgan fingerprint density at radius 1 is 1.69 bits per heavy atom. The van der Waals surface area contributed by atoms with Gasteiger partial charge in [-0.2, -0.15) is 0 Å². The van der Waals surface area contributed by atoms with Crippen molar-refractivity contribution < 1.29 is 4.79 Å². The van der Waals surface area contributed by atoms with Crippen LogP contribution in [0.15, 0.2) is 18.7 Å². The van der Waals surface area contributed by atoms with Crippen molar-refractivity contribution in [2.24, 2.45) is 0 Å². The van der Waals surface area contributed by atoms with Gasteiger partial charge in [0.25, 0.3) is 5.91 Å². The van der Waals surface area contributed by atoms with Gasteiger partial charge in [-0.3, -0.25) is 4.79 Å². The number of nitrogen functional groups attached to an aromatic ring is 1. The summed E-state index contributed by atoms with van der Waals surface area (Å²) in [4.78, 5) is 12.3. The zero-order valence-corrected chi connectivity index (χ0v) is 10.2. The summed E-state index contributed by atoms with van der Waals surface area (Å²) >= 11 is 1.36. The molecule has 0 saturated heterocycles. The molecule has 1 rings (SSSR count). The maximum absolute atomic E-state index is 11.7. The van der Waals surface area contributed by atoms with Crippen LogP contribution in [0.2, 0.25) is 0 Å². The highest BCUT2D eigenvalue weighted by Gasteiger charge is 2.13. The molecule has 4 N–H and O–H groups in total. The van der Waals surface area contributed by atoms with E-state index >= 15 is 0 Å². The van der Waals surface area contributed by atoms with E-state index < -0.39 is 0 Å². The average molecular weight is 239 g/mol. The third kappa shape index (κ3) is 3.27. The number of anilines is 2. The molecule has 1 aromatic heterocycles. The van der Waals surface area contributed by atoms with Crippen LogP contribution in [0.4, 0.5) is 10.7 Å². The Bertz CT molecular complexity index is 373. The number of hydrogen-bond acceptors (Lipinski definition) is 4. The predicted molar refractivity (Wildman–Crippen MR) is 70.0 cm³/mol. The molecule has 0 bridgehead atoms. The first-order valence-electron chi connectivity index (χ1n) is 5.21. The second-order valence-corrected chi connectivity index (χ2v) is 4.37. The minimum Gasteiger partial charge on any atom is -0.397 e. The number of nitrogens with two attached hydrogens (primary N) is 1. The summed E-state index contributed by atoms with van der Waals surface area (Å²) in [5, 5.41) is 6.80. The molecule has 4 nitrogen and oxygen atoms in total. The summed E-state index contributed by atoms with van der Waals surface area (Å²) in [6, 6.07) is 1.77. The molecule has 0 aliphatic carbocycles. The van der Waals surface area contributed by atoms with Crippen LogP contribution >= 0.6 is 11.3 Å². The Morgan fingerprint density at radius 3 is 3.06 bits per heavy atom. The van der Waals surface area contributed by atoms with Crippen molar-refractivity contribution >= 4 is 27.9 Å². The van der Waals surface area contributed by atoms with Gasteiger partial charge in [-0.1, -0.05) is 13.0 Å². The number of thiophene rings is 1. The summed E-state index contributed by atoms with van der Waals surface area (Å²) in [5.74, 6) is -0.101. The van der Waals surface area contributed by atoms with Crippen molar-refractivity contribution in [3.05, 3.63) is 23.6 Å². The van der Waals surface area contributed by atoms with Crippen molar-refractivity contribution in [1.29, 1.82) is 0 Å². The van der Waals surface area contributed by atoms with Crippen LogP contribution in [0.1, 0.15) is 23.0 Å². The summed E-state index contributed by atoms with van der Waals surface area (Å²) in [6.45, 7) is 6.96. The molecule has 1 aromatic rings. The Hall–Kier alpha value is -1.49. The number of carbonyl (C=O) groups is 1. The van der Waals surface area contributed by atoms with Gasteiger partial charge in [0, 0.05) is 13.1 Å². The second-order valence-electron chi connectivity index (χ2n) is 3.32. The molecule has 0 aliphatic rings. The lowest BCUT2D eigenvalue weighted by Crippen LogP contribution is -2.23. The molecular formula is C11H17N3OS. The lowest BCUT2D eigenvalue weighted by Gasteiger charge is -2.01. The largest absolute Gasteiger partial charge is 0.397 e. The van der Waals surface area contributed by atoms with Crippen LogP contribution in [0.3, 0.4) is 0 Å². The minimum absolute atomic E-state index is 0.101. The van der Waals surface area contributed by atoms with E-state index in [-0.39, 0.29) is 5.91 Å². The van der Waals surface area contributed by atoms with Crippen LogP contribution in [-0.4, -0.2) is 19.0 Å². The molecule has 0 radical (unpaired) electrons. The maximum atomic E-state index is 11.7. The lowest BCUT2D eigenvalue weighted by atomic mass is 10.3. The van der Waals surface area contributed by atoms with Crippen molar-refractivity contribution in [2.45, 2.75) is 13.3 Å². The molecule has 0 aromatic carbocycles. The topological polar surface area (TPSA) is 67.1 Å². The smallest absolute Gasteiger partial charge is 0.263 e.